The van der Waals surface area contributed by atoms with Crippen molar-refractivity contribution in [1.82, 2.24) is 10.3 Å². The minimum absolute atomic E-state index is 0.0165. The number of aliphatic imine (C=N–C) groups is 1. The fraction of sp³-hybridized carbons (Fsp3) is 0.278. The highest BCUT2D eigenvalue weighted by Gasteiger charge is 2.36. The van der Waals surface area contributed by atoms with Gasteiger partial charge in [0, 0.05) is 10.2 Å². The van der Waals surface area contributed by atoms with Crippen LogP contribution in [-0.2, 0) is 15.7 Å². The zero-order chi connectivity index (χ0) is 21.3. The second-order valence-electron chi connectivity index (χ2n) is 5.96. The Balaban J connectivity index is 2.10. The van der Waals surface area contributed by atoms with E-state index in [1.54, 1.807) is 13.8 Å². The zero-order valence-corrected chi connectivity index (χ0v) is 17.5. The van der Waals surface area contributed by atoms with Crippen LogP contribution in [0.1, 0.15) is 35.3 Å². The molecule has 1 unspecified atom stereocenters. The molecular weight excluding hydrogens is 478 g/mol. The van der Waals surface area contributed by atoms with E-state index in [4.69, 9.17) is 4.74 Å². The summed E-state index contributed by atoms with van der Waals surface area (Å²) >= 11 is 3.69. The molecule has 3 rings (SSSR count). The molecule has 29 heavy (non-hydrogen) atoms. The number of carbonyl (C=O) groups is 1. The lowest BCUT2D eigenvalue weighted by Crippen LogP contribution is -2.32. The van der Waals surface area contributed by atoms with Crippen LogP contribution in [0.25, 0.3) is 0 Å². The van der Waals surface area contributed by atoms with Gasteiger partial charge in [-0.3, -0.25) is 4.99 Å². The maximum atomic E-state index is 13.5. The first-order valence-electron chi connectivity index (χ1n) is 8.32. The molecule has 2 heterocycles. The molecule has 0 bridgehead atoms. The molecule has 0 aliphatic carbocycles. The molecular formula is C18H14BrF4N3O2S. The third-order valence-electron chi connectivity index (χ3n) is 3.98. The van der Waals surface area contributed by atoms with Crippen LogP contribution in [0.2, 0.25) is 0 Å². The number of aromatic nitrogens is 1. The molecule has 0 saturated heterocycles. The molecule has 1 atom stereocenters. The second-order valence-corrected chi connectivity index (χ2v) is 7.84. The second kappa shape index (κ2) is 8.23. The van der Waals surface area contributed by atoms with Gasteiger partial charge >= 0.3 is 12.1 Å². The van der Waals surface area contributed by atoms with Crippen LogP contribution in [0.4, 0.5) is 17.6 Å². The Morgan fingerprint density at radius 2 is 2.10 bits per heavy atom. The fourth-order valence-corrected chi connectivity index (χ4v) is 4.02. The maximum absolute atomic E-state index is 13.5. The summed E-state index contributed by atoms with van der Waals surface area (Å²) in [6.45, 7) is 3.37. The number of carbonyl (C=O) groups excluding carboxylic acids is 1. The molecule has 0 saturated carbocycles. The first kappa shape index (κ1) is 21.4. The van der Waals surface area contributed by atoms with E-state index in [0.29, 0.717) is 27.1 Å². The first-order chi connectivity index (χ1) is 13.6. The zero-order valence-electron chi connectivity index (χ0n) is 15.1. The van der Waals surface area contributed by atoms with Gasteiger partial charge < -0.3 is 10.1 Å². The lowest BCUT2D eigenvalue weighted by atomic mass is 9.96. The Morgan fingerprint density at radius 1 is 1.38 bits per heavy atom. The molecule has 5 nitrogen and oxygen atoms in total. The Labute approximate surface area is 175 Å². The highest BCUT2D eigenvalue weighted by Crippen LogP contribution is 2.38. The summed E-state index contributed by atoms with van der Waals surface area (Å²) in [6.07, 6.45) is -3.79. The smallest absolute Gasteiger partial charge is 0.427 e. The van der Waals surface area contributed by atoms with E-state index in [1.165, 1.54) is 18.2 Å². The number of alkyl halides is 3. The topological polar surface area (TPSA) is 63.6 Å². The minimum Gasteiger partial charge on any atom is -0.463 e. The number of ether oxygens (including phenoxy) is 1. The Morgan fingerprint density at radius 3 is 2.69 bits per heavy atom. The highest BCUT2D eigenvalue weighted by molar-refractivity contribution is 9.10. The van der Waals surface area contributed by atoms with E-state index in [0.717, 1.165) is 6.20 Å². The lowest BCUT2D eigenvalue weighted by Gasteiger charge is -2.26. The maximum Gasteiger partial charge on any atom is 0.427 e. The van der Waals surface area contributed by atoms with Crippen LogP contribution in [0.5, 0.6) is 0 Å². The van der Waals surface area contributed by atoms with Crippen molar-refractivity contribution in [2.45, 2.75) is 26.1 Å². The molecule has 0 radical (unpaired) electrons. The quantitative estimate of drug-likeness (QED) is 0.483. The summed E-state index contributed by atoms with van der Waals surface area (Å²) in [6, 6.07) is 2.96. The standard InChI is InChI=1S/C18H14BrF4N3O2S/c1-3-28-17(27)13-8(2)25-15(16-24-7-12(29-16)18(21,22)23)26-14(13)10-5-4-9(20)6-11(10)19/h4-7,14H,3H2,1-2H3,(H,25,26). The molecule has 0 fully saturated rings. The summed E-state index contributed by atoms with van der Waals surface area (Å²) in [5.74, 6) is -1.04. The van der Waals surface area contributed by atoms with E-state index in [2.05, 4.69) is 31.2 Å². The van der Waals surface area contributed by atoms with Crippen molar-refractivity contribution >= 4 is 39.1 Å². The molecule has 1 aliphatic rings. The predicted molar refractivity (Wildman–Crippen MR) is 103 cm³/mol. The third-order valence-corrected chi connectivity index (χ3v) is 5.72. The molecule has 1 aromatic carbocycles. The van der Waals surface area contributed by atoms with E-state index in [9.17, 15) is 22.4 Å². The fourth-order valence-electron chi connectivity index (χ4n) is 2.72. The highest BCUT2D eigenvalue weighted by atomic mass is 79.9. The van der Waals surface area contributed by atoms with Gasteiger partial charge in [-0.25, -0.2) is 14.2 Å². The number of esters is 1. The van der Waals surface area contributed by atoms with Gasteiger partial charge in [0.15, 0.2) is 10.8 Å². The van der Waals surface area contributed by atoms with Crippen LogP contribution in [-0.4, -0.2) is 23.4 Å². The van der Waals surface area contributed by atoms with Crippen LogP contribution < -0.4 is 5.32 Å². The van der Waals surface area contributed by atoms with Crippen molar-refractivity contribution in [3.63, 3.8) is 0 Å². The summed E-state index contributed by atoms with van der Waals surface area (Å²) in [5, 5.41) is 2.85. The van der Waals surface area contributed by atoms with Gasteiger partial charge in [0.2, 0.25) is 0 Å². The SMILES string of the molecule is CCOC(=O)C1=C(C)NC(c2ncc(C(F)(F)F)s2)=NC1c1ccc(F)cc1Br. The molecule has 0 spiro atoms. The molecule has 154 valence electrons. The molecule has 0 amide bonds. The van der Waals surface area contributed by atoms with Crippen molar-refractivity contribution in [2.75, 3.05) is 6.61 Å². The number of hydrogen-bond donors (Lipinski definition) is 1. The molecule has 1 N–H and O–H groups in total. The number of nitrogens with one attached hydrogen (secondary N) is 1. The van der Waals surface area contributed by atoms with Gasteiger partial charge in [0.1, 0.15) is 16.7 Å². The number of thiazole rings is 1. The number of benzene rings is 1. The van der Waals surface area contributed by atoms with Crippen molar-refractivity contribution in [3.05, 3.63) is 61.4 Å². The van der Waals surface area contributed by atoms with Crippen molar-refractivity contribution in [1.29, 1.82) is 0 Å². The number of nitrogens with zero attached hydrogens (tertiary/aromatic N) is 2. The Kier molecular flexibility index (Phi) is 6.08. The van der Waals surface area contributed by atoms with Gasteiger partial charge in [-0.2, -0.15) is 13.2 Å². The third kappa shape index (κ3) is 4.50. The van der Waals surface area contributed by atoms with Crippen LogP contribution in [0, 0.1) is 5.82 Å². The van der Waals surface area contributed by atoms with Crippen molar-refractivity contribution in [3.8, 4) is 0 Å². The summed E-state index contributed by atoms with van der Waals surface area (Å²) in [5.41, 5.74) is 0.995. The number of allylic oxidation sites excluding steroid dienone is 1. The van der Waals surface area contributed by atoms with Gasteiger partial charge in [-0.05, 0) is 31.5 Å². The van der Waals surface area contributed by atoms with Crippen LogP contribution in [0.15, 0.2) is 45.1 Å². The monoisotopic (exact) mass is 491 g/mol. The van der Waals surface area contributed by atoms with Gasteiger partial charge in [0.05, 0.1) is 18.4 Å². The number of amidine groups is 1. The molecule has 11 heteroatoms. The summed E-state index contributed by atoms with van der Waals surface area (Å²) < 4.78 is 57.8. The average Bonchev–Trinajstić information content (AvgIpc) is 3.11. The average molecular weight is 492 g/mol. The lowest BCUT2D eigenvalue weighted by molar-refractivity contribution is -0.139. The first-order valence-corrected chi connectivity index (χ1v) is 9.93. The number of hydrogen-bond acceptors (Lipinski definition) is 6. The normalized spacial score (nSPS) is 17.1. The van der Waals surface area contributed by atoms with E-state index in [1.807, 2.05) is 0 Å². The Bertz CT molecular complexity index is 1020. The number of halogens is 5. The summed E-state index contributed by atoms with van der Waals surface area (Å²) in [7, 11) is 0. The van der Waals surface area contributed by atoms with E-state index >= 15 is 0 Å². The van der Waals surface area contributed by atoms with Gasteiger partial charge in [-0.1, -0.05) is 22.0 Å². The Hall–Kier alpha value is -2.27. The minimum atomic E-state index is -4.52. The van der Waals surface area contributed by atoms with Gasteiger partial charge in [-0.15, -0.1) is 11.3 Å². The van der Waals surface area contributed by atoms with Crippen LogP contribution >= 0.6 is 27.3 Å². The molecule has 1 aliphatic heterocycles. The van der Waals surface area contributed by atoms with E-state index < -0.39 is 28.9 Å². The largest absolute Gasteiger partial charge is 0.463 e. The predicted octanol–water partition coefficient (Wildman–Crippen LogP) is 4.99. The molecule has 1 aromatic heterocycles. The van der Waals surface area contributed by atoms with Crippen LogP contribution in [0.3, 0.4) is 0 Å². The van der Waals surface area contributed by atoms with Crippen molar-refractivity contribution < 1.29 is 27.1 Å². The van der Waals surface area contributed by atoms with Crippen molar-refractivity contribution in [2.24, 2.45) is 4.99 Å². The molecule has 2 aromatic rings. The number of rotatable bonds is 4. The van der Waals surface area contributed by atoms with Gasteiger partial charge in [0.25, 0.3) is 0 Å². The summed E-state index contributed by atoms with van der Waals surface area (Å²) in [4.78, 5) is 19.9. The van der Waals surface area contributed by atoms with E-state index in [-0.39, 0.29) is 23.0 Å².